The number of amides is 1. The van der Waals surface area contributed by atoms with Gasteiger partial charge in [-0.15, -0.1) is 0 Å². The fourth-order valence-corrected chi connectivity index (χ4v) is 2.47. The van der Waals surface area contributed by atoms with Crippen LogP contribution in [0.2, 0.25) is 0 Å². The summed E-state index contributed by atoms with van der Waals surface area (Å²) in [6.07, 6.45) is 2.89. The molecular weight excluding hydrogens is 212 g/mol. The van der Waals surface area contributed by atoms with Crippen molar-refractivity contribution >= 4 is 5.91 Å². The Labute approximate surface area is 105 Å². The van der Waals surface area contributed by atoms with Gasteiger partial charge in [0.05, 0.1) is 0 Å². The molecule has 1 heterocycles. The normalized spacial score (nSPS) is 21.8. The van der Waals surface area contributed by atoms with E-state index in [0.29, 0.717) is 30.7 Å². The summed E-state index contributed by atoms with van der Waals surface area (Å²) in [6.45, 7) is 10.9. The molecule has 0 aromatic carbocycles. The van der Waals surface area contributed by atoms with Gasteiger partial charge in [-0.25, -0.2) is 0 Å². The standard InChI is InChI=1S/C14H26N2O/c1-11(2)13-5-6-14(17)16(8-7-13)10-12(3)9-15-4/h11,13,15H,3,5-10H2,1-2,4H3. The van der Waals surface area contributed by atoms with Crippen molar-refractivity contribution < 1.29 is 4.79 Å². The van der Waals surface area contributed by atoms with E-state index in [9.17, 15) is 4.79 Å². The molecule has 1 N–H and O–H groups in total. The van der Waals surface area contributed by atoms with Gasteiger partial charge in [-0.2, -0.15) is 0 Å². The van der Waals surface area contributed by atoms with Gasteiger partial charge in [-0.05, 0) is 37.3 Å². The summed E-state index contributed by atoms with van der Waals surface area (Å²) in [6, 6.07) is 0. The van der Waals surface area contributed by atoms with E-state index in [0.717, 1.165) is 31.5 Å². The zero-order valence-corrected chi connectivity index (χ0v) is 11.5. The number of nitrogens with one attached hydrogen (secondary N) is 1. The lowest BCUT2D eigenvalue weighted by Gasteiger charge is -2.22. The Morgan fingerprint density at radius 1 is 1.53 bits per heavy atom. The lowest BCUT2D eigenvalue weighted by Crippen LogP contribution is -2.33. The number of rotatable bonds is 5. The van der Waals surface area contributed by atoms with Crippen molar-refractivity contribution in [2.24, 2.45) is 11.8 Å². The average molecular weight is 238 g/mol. The zero-order valence-electron chi connectivity index (χ0n) is 11.5. The minimum absolute atomic E-state index is 0.297. The smallest absolute Gasteiger partial charge is 0.222 e. The summed E-state index contributed by atoms with van der Waals surface area (Å²) in [5.41, 5.74) is 1.09. The fourth-order valence-electron chi connectivity index (χ4n) is 2.47. The van der Waals surface area contributed by atoms with Gasteiger partial charge in [0.2, 0.25) is 5.91 Å². The Kier molecular flexibility index (Phi) is 5.69. The summed E-state index contributed by atoms with van der Waals surface area (Å²) in [5, 5.41) is 3.08. The monoisotopic (exact) mass is 238 g/mol. The Balaban J connectivity index is 2.50. The van der Waals surface area contributed by atoms with Crippen LogP contribution in [0.3, 0.4) is 0 Å². The maximum Gasteiger partial charge on any atom is 0.222 e. The molecule has 3 nitrogen and oxygen atoms in total. The van der Waals surface area contributed by atoms with Gasteiger partial charge in [-0.1, -0.05) is 20.4 Å². The molecule has 98 valence electrons. The quantitative estimate of drug-likeness (QED) is 0.743. The SMILES string of the molecule is C=C(CNC)CN1CCC(C(C)C)CCC1=O. The highest BCUT2D eigenvalue weighted by atomic mass is 16.2. The second kappa shape index (κ2) is 6.80. The van der Waals surface area contributed by atoms with Gasteiger partial charge in [0, 0.05) is 26.1 Å². The summed E-state index contributed by atoms with van der Waals surface area (Å²) < 4.78 is 0. The molecule has 0 bridgehead atoms. The van der Waals surface area contributed by atoms with Gasteiger partial charge in [-0.3, -0.25) is 4.79 Å². The first kappa shape index (κ1) is 14.2. The van der Waals surface area contributed by atoms with Crippen molar-refractivity contribution in [1.82, 2.24) is 10.2 Å². The van der Waals surface area contributed by atoms with E-state index >= 15 is 0 Å². The van der Waals surface area contributed by atoms with Crippen molar-refractivity contribution in [1.29, 1.82) is 0 Å². The molecule has 1 unspecified atom stereocenters. The molecule has 17 heavy (non-hydrogen) atoms. The van der Waals surface area contributed by atoms with E-state index < -0.39 is 0 Å². The second-order valence-electron chi connectivity index (χ2n) is 5.43. The largest absolute Gasteiger partial charge is 0.339 e. The van der Waals surface area contributed by atoms with E-state index in [2.05, 4.69) is 25.7 Å². The maximum absolute atomic E-state index is 12.0. The molecule has 0 radical (unpaired) electrons. The third-order valence-electron chi connectivity index (χ3n) is 3.64. The fraction of sp³-hybridized carbons (Fsp3) is 0.786. The summed E-state index contributed by atoms with van der Waals surface area (Å²) in [5.74, 6) is 1.68. The molecular formula is C14H26N2O. The minimum atomic E-state index is 0.297. The lowest BCUT2D eigenvalue weighted by atomic mass is 9.89. The van der Waals surface area contributed by atoms with Gasteiger partial charge in [0.25, 0.3) is 0 Å². The Morgan fingerprint density at radius 3 is 2.82 bits per heavy atom. The van der Waals surface area contributed by atoms with Crippen LogP contribution in [-0.2, 0) is 4.79 Å². The molecule has 0 aromatic rings. The van der Waals surface area contributed by atoms with Crippen LogP contribution in [0, 0.1) is 11.8 Å². The minimum Gasteiger partial charge on any atom is -0.339 e. The number of nitrogens with zero attached hydrogens (tertiary/aromatic N) is 1. The third-order valence-corrected chi connectivity index (χ3v) is 3.64. The molecule has 1 atom stereocenters. The number of likely N-dealkylation sites (tertiary alicyclic amines) is 1. The van der Waals surface area contributed by atoms with Crippen molar-refractivity contribution in [2.75, 3.05) is 26.7 Å². The van der Waals surface area contributed by atoms with E-state index in [1.54, 1.807) is 0 Å². The predicted molar refractivity (Wildman–Crippen MR) is 71.8 cm³/mol. The highest BCUT2D eigenvalue weighted by Gasteiger charge is 2.24. The summed E-state index contributed by atoms with van der Waals surface area (Å²) >= 11 is 0. The van der Waals surface area contributed by atoms with Gasteiger partial charge >= 0.3 is 0 Å². The van der Waals surface area contributed by atoms with E-state index in [1.165, 1.54) is 0 Å². The van der Waals surface area contributed by atoms with Crippen LogP contribution in [-0.4, -0.2) is 37.5 Å². The highest BCUT2D eigenvalue weighted by Crippen LogP contribution is 2.25. The van der Waals surface area contributed by atoms with Crippen LogP contribution in [0.15, 0.2) is 12.2 Å². The van der Waals surface area contributed by atoms with Crippen LogP contribution < -0.4 is 5.32 Å². The molecule has 0 spiro atoms. The van der Waals surface area contributed by atoms with Crippen LogP contribution in [0.5, 0.6) is 0 Å². The van der Waals surface area contributed by atoms with Crippen molar-refractivity contribution in [3.63, 3.8) is 0 Å². The van der Waals surface area contributed by atoms with Crippen molar-refractivity contribution in [2.45, 2.75) is 33.1 Å². The molecule has 3 heteroatoms. The van der Waals surface area contributed by atoms with Crippen LogP contribution in [0.1, 0.15) is 33.1 Å². The maximum atomic E-state index is 12.0. The van der Waals surface area contributed by atoms with E-state index in [4.69, 9.17) is 0 Å². The molecule has 1 saturated heterocycles. The molecule has 1 aliphatic heterocycles. The molecule has 1 amide bonds. The molecule has 1 rings (SSSR count). The van der Waals surface area contributed by atoms with E-state index in [1.807, 2.05) is 11.9 Å². The van der Waals surface area contributed by atoms with E-state index in [-0.39, 0.29) is 0 Å². The number of hydrogen-bond donors (Lipinski definition) is 1. The number of carbonyl (C=O) groups is 1. The Morgan fingerprint density at radius 2 is 2.24 bits per heavy atom. The number of likely N-dealkylation sites (N-methyl/N-ethyl adjacent to an activating group) is 1. The zero-order chi connectivity index (χ0) is 12.8. The summed E-state index contributed by atoms with van der Waals surface area (Å²) in [7, 11) is 1.91. The first-order valence-electron chi connectivity index (χ1n) is 6.63. The molecule has 0 saturated carbocycles. The predicted octanol–water partition coefficient (Wildman–Crippen LogP) is 2.05. The van der Waals surface area contributed by atoms with Crippen LogP contribution in [0.25, 0.3) is 0 Å². The Hall–Kier alpha value is -0.830. The lowest BCUT2D eigenvalue weighted by molar-refractivity contribution is -0.130. The first-order valence-corrected chi connectivity index (χ1v) is 6.63. The highest BCUT2D eigenvalue weighted by molar-refractivity contribution is 5.76. The van der Waals surface area contributed by atoms with Crippen LogP contribution >= 0.6 is 0 Å². The summed E-state index contributed by atoms with van der Waals surface area (Å²) in [4.78, 5) is 14.0. The number of hydrogen-bond acceptors (Lipinski definition) is 2. The first-order chi connectivity index (χ1) is 8.04. The third kappa shape index (κ3) is 4.50. The topological polar surface area (TPSA) is 32.3 Å². The molecule has 1 aliphatic rings. The van der Waals surface area contributed by atoms with Crippen LogP contribution in [0.4, 0.5) is 0 Å². The number of carbonyl (C=O) groups excluding carboxylic acids is 1. The second-order valence-corrected chi connectivity index (χ2v) is 5.43. The van der Waals surface area contributed by atoms with Crippen molar-refractivity contribution in [3.05, 3.63) is 12.2 Å². The Bertz CT molecular complexity index is 273. The molecule has 0 aromatic heterocycles. The van der Waals surface area contributed by atoms with Crippen molar-refractivity contribution in [3.8, 4) is 0 Å². The van der Waals surface area contributed by atoms with Gasteiger partial charge in [0.1, 0.15) is 0 Å². The molecule has 0 aliphatic carbocycles. The average Bonchev–Trinajstić information content (AvgIpc) is 2.43. The van der Waals surface area contributed by atoms with Gasteiger partial charge in [0.15, 0.2) is 0 Å². The molecule has 1 fully saturated rings. The van der Waals surface area contributed by atoms with Gasteiger partial charge < -0.3 is 10.2 Å².